The van der Waals surface area contributed by atoms with E-state index in [0.29, 0.717) is 47.5 Å². The molecule has 1 saturated heterocycles. The minimum Gasteiger partial charge on any atom is -0.383 e. The average Bonchev–Trinajstić information content (AvgIpc) is 3.40. The van der Waals surface area contributed by atoms with Crippen molar-refractivity contribution in [1.29, 1.82) is 5.26 Å². The molecule has 13 heteroatoms. The van der Waals surface area contributed by atoms with Crippen molar-refractivity contribution in [3.8, 4) is 17.3 Å². The molecule has 232 valence electrons. The van der Waals surface area contributed by atoms with Crippen LogP contribution in [0.2, 0.25) is 0 Å². The molecule has 1 unspecified atom stereocenters. The van der Waals surface area contributed by atoms with Gasteiger partial charge < -0.3 is 16.0 Å². The van der Waals surface area contributed by atoms with Gasteiger partial charge in [-0.05, 0) is 54.7 Å². The van der Waals surface area contributed by atoms with Crippen LogP contribution in [0.1, 0.15) is 55.6 Å². The van der Waals surface area contributed by atoms with Gasteiger partial charge in [0.25, 0.3) is 11.8 Å². The molecule has 0 saturated carbocycles. The molecular formula is C32H31F3N8O2. The van der Waals surface area contributed by atoms with Gasteiger partial charge in [0.05, 0.1) is 17.0 Å². The molecule has 1 aliphatic heterocycles. The molecule has 2 aromatic carbocycles. The number of carbonyl (C=O) groups excluding carboxylic acids is 2. The molecule has 1 aliphatic rings. The number of nitrogens with two attached hydrogens (primary N) is 1. The third-order valence-electron chi connectivity index (χ3n) is 7.37. The minimum atomic E-state index is -4.49. The number of nitriles is 1. The van der Waals surface area contributed by atoms with E-state index in [0.717, 1.165) is 30.7 Å². The molecule has 4 aromatic rings. The summed E-state index contributed by atoms with van der Waals surface area (Å²) in [6, 6.07) is 12.5. The number of aromatic nitrogens is 4. The summed E-state index contributed by atoms with van der Waals surface area (Å²) in [5.74, 6) is -0.654. The van der Waals surface area contributed by atoms with E-state index in [2.05, 4.69) is 15.3 Å². The van der Waals surface area contributed by atoms with Crippen LogP contribution in [-0.2, 0) is 11.0 Å². The molecule has 3 heterocycles. The highest BCUT2D eigenvalue weighted by molar-refractivity contribution is 6.04. The van der Waals surface area contributed by atoms with Crippen LogP contribution in [-0.4, -0.2) is 49.6 Å². The first-order chi connectivity index (χ1) is 21.2. The molecule has 0 spiro atoms. The number of alkyl halides is 3. The van der Waals surface area contributed by atoms with Gasteiger partial charge in [-0.3, -0.25) is 9.59 Å². The van der Waals surface area contributed by atoms with Crippen molar-refractivity contribution in [3.63, 3.8) is 0 Å². The number of likely N-dealkylation sites (tertiary alicyclic amines) is 1. The monoisotopic (exact) mass is 616 g/mol. The highest BCUT2D eigenvalue weighted by Gasteiger charge is 2.31. The van der Waals surface area contributed by atoms with E-state index in [1.54, 1.807) is 39.9 Å². The molecule has 0 aliphatic carbocycles. The molecule has 0 radical (unpaired) electrons. The second-order valence-electron chi connectivity index (χ2n) is 11.9. The third kappa shape index (κ3) is 6.80. The normalized spacial score (nSPS) is 16.0. The quantitative estimate of drug-likeness (QED) is 0.207. The van der Waals surface area contributed by atoms with Gasteiger partial charge in [-0.15, -0.1) is 0 Å². The van der Waals surface area contributed by atoms with E-state index in [-0.39, 0.29) is 34.3 Å². The van der Waals surface area contributed by atoms with E-state index in [4.69, 9.17) is 10.8 Å². The molecule has 45 heavy (non-hydrogen) atoms. The topological polar surface area (TPSA) is 143 Å². The summed E-state index contributed by atoms with van der Waals surface area (Å²) in [6.45, 7) is 6.63. The number of amides is 2. The van der Waals surface area contributed by atoms with Crippen LogP contribution in [0.4, 0.5) is 24.7 Å². The van der Waals surface area contributed by atoms with Crippen LogP contribution in [0.5, 0.6) is 0 Å². The number of hydrogen-bond acceptors (Lipinski definition) is 7. The maximum atomic E-state index is 13.3. The number of carbonyl (C=O) groups is 2. The largest absolute Gasteiger partial charge is 0.416 e. The summed E-state index contributed by atoms with van der Waals surface area (Å²) in [5.41, 5.74) is 7.40. The standard InChI is InChI=1S/C32H31F3N8O2/c1-31(2,3)15-21(16-36)30(45)42-14-4-5-24(17-42)43-28-25(27(37)38-18-39-28)26(41-43)19-8-12-23(13-9-19)40-29(44)20-6-10-22(11-7-20)32(33,34)35/h6-13,15,18,24H,4-5,14,17H2,1-3H3,(H,40,44)(H2,37,38,39)/b21-15+. The number of piperidine rings is 1. The predicted octanol–water partition coefficient (Wildman–Crippen LogP) is 6.01. The Morgan fingerprint density at radius 1 is 1.07 bits per heavy atom. The second kappa shape index (κ2) is 12.0. The zero-order valence-corrected chi connectivity index (χ0v) is 24.9. The number of rotatable bonds is 5. The summed E-state index contributed by atoms with van der Waals surface area (Å²) >= 11 is 0. The lowest BCUT2D eigenvalue weighted by Crippen LogP contribution is -2.41. The second-order valence-corrected chi connectivity index (χ2v) is 11.9. The molecular weight excluding hydrogens is 585 g/mol. The summed E-state index contributed by atoms with van der Waals surface area (Å²) in [6.07, 6.45) is -0.0253. The molecule has 1 fully saturated rings. The Morgan fingerprint density at radius 2 is 1.76 bits per heavy atom. The lowest BCUT2D eigenvalue weighted by atomic mass is 9.93. The van der Waals surface area contributed by atoms with Gasteiger partial charge >= 0.3 is 6.18 Å². The van der Waals surface area contributed by atoms with Gasteiger partial charge in [0.2, 0.25) is 0 Å². The van der Waals surface area contributed by atoms with Gasteiger partial charge in [-0.25, -0.2) is 14.6 Å². The van der Waals surface area contributed by atoms with Gasteiger partial charge in [0, 0.05) is 29.9 Å². The summed E-state index contributed by atoms with van der Waals surface area (Å²) in [5, 5.41) is 17.7. The van der Waals surface area contributed by atoms with Crippen LogP contribution in [0.3, 0.4) is 0 Å². The van der Waals surface area contributed by atoms with Gasteiger partial charge in [0.1, 0.15) is 29.5 Å². The number of nitrogen functional groups attached to an aromatic ring is 1. The van der Waals surface area contributed by atoms with Crippen LogP contribution < -0.4 is 11.1 Å². The van der Waals surface area contributed by atoms with Crippen molar-refractivity contribution in [1.82, 2.24) is 24.6 Å². The van der Waals surface area contributed by atoms with Gasteiger partial charge in [0.15, 0.2) is 5.65 Å². The number of benzene rings is 2. The van der Waals surface area contributed by atoms with Crippen LogP contribution >= 0.6 is 0 Å². The smallest absolute Gasteiger partial charge is 0.383 e. The van der Waals surface area contributed by atoms with Crippen molar-refractivity contribution in [3.05, 3.63) is 77.6 Å². The number of nitrogens with zero attached hydrogens (tertiary/aromatic N) is 6. The number of anilines is 2. The molecule has 2 aromatic heterocycles. The summed E-state index contributed by atoms with van der Waals surface area (Å²) < 4.78 is 40.3. The maximum Gasteiger partial charge on any atom is 0.416 e. The molecule has 3 N–H and O–H groups in total. The Morgan fingerprint density at radius 3 is 2.38 bits per heavy atom. The summed E-state index contributed by atoms with van der Waals surface area (Å²) in [7, 11) is 0. The first kappa shape index (κ1) is 31.2. The van der Waals surface area contributed by atoms with Crippen LogP contribution in [0, 0.1) is 16.7 Å². The lowest BCUT2D eigenvalue weighted by molar-refractivity contribution is -0.137. The van der Waals surface area contributed by atoms with E-state index in [1.807, 2.05) is 26.8 Å². The number of nitrogens with one attached hydrogen (secondary N) is 1. The lowest BCUT2D eigenvalue weighted by Gasteiger charge is -2.33. The van der Waals surface area contributed by atoms with E-state index < -0.39 is 17.6 Å². The molecule has 10 nitrogen and oxygen atoms in total. The highest BCUT2D eigenvalue weighted by Crippen LogP contribution is 2.35. The van der Waals surface area contributed by atoms with E-state index in [9.17, 15) is 28.0 Å². The fourth-order valence-corrected chi connectivity index (χ4v) is 5.26. The minimum absolute atomic E-state index is 0.0810. The average molecular weight is 617 g/mol. The third-order valence-corrected chi connectivity index (χ3v) is 7.37. The molecule has 2 amide bonds. The zero-order chi connectivity index (χ0) is 32.5. The van der Waals surface area contributed by atoms with Crippen molar-refractivity contribution in [2.75, 3.05) is 24.1 Å². The molecule has 0 bridgehead atoms. The van der Waals surface area contributed by atoms with Crippen molar-refractivity contribution >= 4 is 34.4 Å². The SMILES string of the molecule is CC(C)(C)/C=C(\C#N)C(=O)N1CCCC(n2nc(-c3ccc(NC(=O)c4ccc(C(F)(F)F)cc4)cc3)c3c(N)ncnc32)C1. The van der Waals surface area contributed by atoms with Gasteiger partial charge in [-0.2, -0.15) is 23.5 Å². The van der Waals surface area contributed by atoms with Crippen molar-refractivity contribution in [2.24, 2.45) is 5.41 Å². The first-order valence-corrected chi connectivity index (χ1v) is 14.2. The fraction of sp³-hybridized carbons (Fsp3) is 0.312. The Labute approximate surface area is 257 Å². The molecule has 5 rings (SSSR count). The Balaban J connectivity index is 1.39. The van der Waals surface area contributed by atoms with E-state index >= 15 is 0 Å². The van der Waals surface area contributed by atoms with Crippen molar-refractivity contribution < 1.29 is 22.8 Å². The zero-order valence-electron chi connectivity index (χ0n) is 24.9. The van der Waals surface area contributed by atoms with Crippen molar-refractivity contribution in [2.45, 2.75) is 45.8 Å². The summed E-state index contributed by atoms with van der Waals surface area (Å²) in [4.78, 5) is 36.2. The Bertz CT molecular complexity index is 1820. The molecule has 1 atom stereocenters. The van der Waals surface area contributed by atoms with E-state index in [1.165, 1.54) is 6.33 Å². The fourth-order valence-electron chi connectivity index (χ4n) is 5.26. The highest BCUT2D eigenvalue weighted by atomic mass is 19.4. The predicted molar refractivity (Wildman–Crippen MR) is 163 cm³/mol. The van der Waals surface area contributed by atoms with Gasteiger partial charge in [-0.1, -0.05) is 39.0 Å². The number of halogens is 3. The number of fused-ring (bicyclic) bond motifs is 1. The number of allylic oxidation sites excluding steroid dienone is 1. The van der Waals surface area contributed by atoms with Crippen LogP contribution in [0.25, 0.3) is 22.3 Å². The first-order valence-electron chi connectivity index (χ1n) is 14.2. The number of hydrogen-bond donors (Lipinski definition) is 2. The van der Waals surface area contributed by atoms with Crippen LogP contribution in [0.15, 0.2) is 66.5 Å². The Kier molecular flexibility index (Phi) is 8.34. The Hall–Kier alpha value is -5.25. The maximum absolute atomic E-state index is 13.3.